The van der Waals surface area contributed by atoms with Crippen molar-refractivity contribution in [2.75, 3.05) is 0 Å². The Morgan fingerprint density at radius 3 is 1.37 bits per heavy atom. The molecule has 1 atom stereocenters. The van der Waals surface area contributed by atoms with Crippen LogP contribution in [0.5, 0.6) is 0 Å². The molecule has 0 amide bonds. The molecular formula is C47H86N6S6. The Morgan fingerprint density at radius 2 is 1.14 bits per heavy atom. The Labute approximate surface area is 389 Å². The van der Waals surface area contributed by atoms with Gasteiger partial charge in [0, 0.05) is 62.0 Å². The molecule has 0 N–H and O–H groups in total. The Morgan fingerprint density at radius 1 is 0.525 bits per heavy atom. The third-order valence-electron chi connectivity index (χ3n) is 6.73. The second-order valence-electron chi connectivity index (χ2n) is 12.6. The van der Waals surface area contributed by atoms with Crippen LogP contribution < -0.4 is 0 Å². The first-order valence-corrected chi connectivity index (χ1v) is 26.9. The summed E-state index contributed by atoms with van der Waals surface area (Å²) >= 11 is 9.74. The molecule has 1 unspecified atom stereocenters. The molecular weight excluding hydrogens is 841 g/mol. The first-order valence-electron chi connectivity index (χ1n) is 21.7. The molecule has 6 rings (SSSR count). The smallest absolute Gasteiger partial charge is 0.0950 e. The molecule has 0 saturated carbocycles. The summed E-state index contributed by atoms with van der Waals surface area (Å²) in [7, 11) is 0. The summed E-state index contributed by atoms with van der Waals surface area (Å²) in [6, 6.07) is 4.16. The van der Waals surface area contributed by atoms with E-state index in [1.165, 1.54) is 61.2 Å². The zero-order valence-corrected chi connectivity index (χ0v) is 46.1. The molecule has 0 aliphatic heterocycles. The van der Waals surface area contributed by atoms with Crippen LogP contribution in [0.2, 0.25) is 0 Å². The topological polar surface area (TPSA) is 77.3 Å². The fourth-order valence-electron chi connectivity index (χ4n) is 3.24. The van der Waals surface area contributed by atoms with Crippen LogP contribution in [-0.2, 0) is 0 Å². The summed E-state index contributed by atoms with van der Waals surface area (Å²) in [5, 5.41) is 9.42. The molecule has 6 aromatic rings. The van der Waals surface area contributed by atoms with Gasteiger partial charge in [-0.25, -0.2) is 18.7 Å². The van der Waals surface area contributed by atoms with Gasteiger partial charge in [0.05, 0.1) is 27.4 Å². The summed E-state index contributed by atoms with van der Waals surface area (Å²) in [5.74, 6) is 3.73. The summed E-state index contributed by atoms with van der Waals surface area (Å²) in [5.41, 5.74) is 7.49. The van der Waals surface area contributed by atoms with Gasteiger partial charge >= 0.3 is 0 Å². The molecule has 0 spiro atoms. The van der Waals surface area contributed by atoms with Gasteiger partial charge < -0.3 is 0 Å². The molecule has 0 bridgehead atoms. The molecule has 6 heterocycles. The highest BCUT2D eigenvalue weighted by Crippen LogP contribution is 2.21. The van der Waals surface area contributed by atoms with Gasteiger partial charge in [0.2, 0.25) is 0 Å². The lowest BCUT2D eigenvalue weighted by atomic mass is 10.1. The number of nitrogens with zero attached hydrogens (tertiary/aromatic N) is 6. The summed E-state index contributed by atoms with van der Waals surface area (Å²) < 4.78 is 12.2. The lowest BCUT2D eigenvalue weighted by Crippen LogP contribution is -1.84. The van der Waals surface area contributed by atoms with Gasteiger partial charge in [-0.1, -0.05) is 152 Å². The molecule has 340 valence electrons. The van der Waals surface area contributed by atoms with Gasteiger partial charge in [0.1, 0.15) is 0 Å². The van der Waals surface area contributed by atoms with Crippen molar-refractivity contribution in [3.05, 3.63) is 101 Å². The molecule has 0 aromatic carbocycles. The van der Waals surface area contributed by atoms with Crippen molar-refractivity contribution in [1.82, 2.24) is 28.1 Å². The van der Waals surface area contributed by atoms with Gasteiger partial charge in [0.25, 0.3) is 0 Å². The van der Waals surface area contributed by atoms with Crippen molar-refractivity contribution < 1.29 is 0 Å². The Balaban J connectivity index is -0.000000189. The second kappa shape index (κ2) is 48.4. The van der Waals surface area contributed by atoms with E-state index in [4.69, 9.17) is 0 Å². The fraction of sp³-hybridized carbons (Fsp3) is 0.617. The van der Waals surface area contributed by atoms with Gasteiger partial charge in [-0.05, 0) is 88.3 Å². The standard InChI is InChI=1S/C7H11NS.5C6H9NS.5C2H6/c1-3-6(2)7-4-5-8-9-7;1-5(2)6-3-8-4-7-6;1-5(2)6-3-7-4-8-6;1-5(2)6-3-7-8-4-6;1-5(2)6-7-3-4-8-6;1-5(2)6-3-4-8-7-6;5*1-2/h4-6H,3H2,1-2H3;5*3-5H,1-2H3;5*1-2H3. The van der Waals surface area contributed by atoms with Crippen LogP contribution >= 0.6 is 68.6 Å². The molecule has 0 aliphatic rings. The highest BCUT2D eigenvalue weighted by atomic mass is 32.1. The van der Waals surface area contributed by atoms with E-state index in [1.807, 2.05) is 116 Å². The van der Waals surface area contributed by atoms with Gasteiger partial charge in [-0.2, -0.15) is 4.37 Å². The molecule has 0 fully saturated rings. The minimum Gasteiger partial charge on any atom is -0.253 e. The molecule has 0 radical (unpaired) electrons. The van der Waals surface area contributed by atoms with Crippen molar-refractivity contribution in [3.8, 4) is 0 Å². The molecule has 0 aliphatic carbocycles. The van der Waals surface area contributed by atoms with E-state index in [0.717, 1.165) is 0 Å². The zero-order chi connectivity index (χ0) is 46.6. The number of rotatable bonds is 7. The van der Waals surface area contributed by atoms with E-state index in [2.05, 4.69) is 134 Å². The quantitative estimate of drug-likeness (QED) is 0.159. The highest BCUT2D eigenvalue weighted by Gasteiger charge is 2.03. The average Bonchev–Trinajstić information content (AvgIpc) is 4.13. The number of hydrogen-bond acceptors (Lipinski definition) is 12. The van der Waals surface area contributed by atoms with E-state index < -0.39 is 0 Å². The van der Waals surface area contributed by atoms with E-state index in [9.17, 15) is 0 Å². The normalized spacial score (nSPS) is 9.61. The summed E-state index contributed by atoms with van der Waals surface area (Å²) in [4.78, 5) is 15.0. The van der Waals surface area contributed by atoms with Gasteiger partial charge in [0.15, 0.2) is 0 Å². The average molecular weight is 928 g/mol. The predicted molar refractivity (Wildman–Crippen MR) is 279 cm³/mol. The van der Waals surface area contributed by atoms with Crippen LogP contribution in [-0.4, -0.2) is 28.1 Å². The number of hydrogen-bond donors (Lipinski definition) is 0. The summed E-state index contributed by atoms with van der Waals surface area (Å²) in [6.45, 7) is 46.0. The first-order chi connectivity index (χ1) is 28.4. The molecule has 12 heteroatoms. The first kappa shape index (κ1) is 65.9. The lowest BCUT2D eigenvalue weighted by molar-refractivity contribution is 0.748. The van der Waals surface area contributed by atoms with Crippen LogP contribution in [0.15, 0.2) is 69.5 Å². The number of thiazole rings is 3. The molecule has 6 aromatic heterocycles. The Hall–Kier alpha value is -2.22. The van der Waals surface area contributed by atoms with E-state index >= 15 is 0 Å². The predicted octanol–water partition coefficient (Wildman–Crippen LogP) is 19.1. The SMILES string of the molecule is CC.CC.CC.CC.CC.CC(C)c1ccsn1.CC(C)c1cncs1.CC(C)c1cnsc1.CC(C)c1cscn1.CC(C)c1nccs1.CCC(C)c1ccns1. The maximum absolute atomic E-state index is 4.16. The van der Waals surface area contributed by atoms with Gasteiger partial charge in [-0.3, -0.25) is 4.98 Å². The van der Waals surface area contributed by atoms with Crippen LogP contribution in [0.4, 0.5) is 0 Å². The maximum atomic E-state index is 4.16. The Bertz CT molecular complexity index is 1260. The van der Waals surface area contributed by atoms with Crippen LogP contribution in [0.1, 0.15) is 226 Å². The molecule has 59 heavy (non-hydrogen) atoms. The lowest BCUT2D eigenvalue weighted by Gasteiger charge is -2.01. The van der Waals surface area contributed by atoms with E-state index in [0.29, 0.717) is 35.5 Å². The minimum atomic E-state index is 0.584. The third kappa shape index (κ3) is 37.3. The maximum Gasteiger partial charge on any atom is 0.0950 e. The fourth-order valence-corrected chi connectivity index (χ4v) is 7.31. The van der Waals surface area contributed by atoms with E-state index in [1.54, 1.807) is 45.5 Å². The van der Waals surface area contributed by atoms with Gasteiger partial charge in [-0.15, -0.1) is 34.0 Å². The zero-order valence-electron chi connectivity index (χ0n) is 41.2. The van der Waals surface area contributed by atoms with Crippen LogP contribution in [0.3, 0.4) is 0 Å². The largest absolute Gasteiger partial charge is 0.253 e. The second-order valence-corrected chi connectivity index (χ2v) is 17.3. The third-order valence-corrected chi connectivity index (χ3v) is 11.6. The van der Waals surface area contributed by atoms with Crippen molar-refractivity contribution in [2.45, 2.75) is 194 Å². The van der Waals surface area contributed by atoms with Crippen molar-refractivity contribution in [2.24, 2.45) is 0 Å². The Kier molecular flexibility index (Phi) is 54.1. The number of aromatic nitrogens is 6. The van der Waals surface area contributed by atoms with E-state index in [-0.39, 0.29) is 0 Å². The van der Waals surface area contributed by atoms with Crippen molar-refractivity contribution in [1.29, 1.82) is 0 Å². The highest BCUT2D eigenvalue weighted by molar-refractivity contribution is 7.10. The molecule has 0 saturated heterocycles. The van der Waals surface area contributed by atoms with Crippen molar-refractivity contribution in [3.63, 3.8) is 0 Å². The monoisotopic (exact) mass is 927 g/mol. The van der Waals surface area contributed by atoms with Crippen LogP contribution in [0, 0.1) is 0 Å². The van der Waals surface area contributed by atoms with Crippen molar-refractivity contribution >= 4 is 68.6 Å². The summed E-state index contributed by atoms with van der Waals surface area (Å²) in [6.07, 6.45) is 8.78. The molecule has 6 nitrogen and oxygen atoms in total. The van der Waals surface area contributed by atoms with Crippen LogP contribution in [0.25, 0.3) is 0 Å². The minimum absolute atomic E-state index is 0.584.